The van der Waals surface area contributed by atoms with E-state index in [-0.39, 0.29) is 0 Å². The van der Waals surface area contributed by atoms with Gasteiger partial charge in [0.15, 0.2) is 0 Å². The summed E-state index contributed by atoms with van der Waals surface area (Å²) in [6.45, 7) is 0. The quantitative estimate of drug-likeness (QED) is 0.773. The van der Waals surface area contributed by atoms with E-state index in [1.165, 1.54) is 30.8 Å². The third kappa shape index (κ3) is 1.36. The SMILES string of the molecule is CNC(c1csnn1)C1CCC1. The number of hydrogen-bond donors (Lipinski definition) is 1. The standard InChI is InChI=1S/C8H13N3S/c1-9-8(6-3-2-4-6)7-5-12-11-10-7/h5-6,8-9H,2-4H2,1H3. The van der Waals surface area contributed by atoms with Crippen LogP contribution in [-0.2, 0) is 0 Å². The lowest BCUT2D eigenvalue weighted by Gasteiger charge is -2.32. The van der Waals surface area contributed by atoms with Crippen LogP contribution in [0, 0.1) is 5.92 Å². The molecule has 1 heterocycles. The van der Waals surface area contributed by atoms with E-state index in [2.05, 4.69) is 14.9 Å². The molecule has 66 valence electrons. The fourth-order valence-electron chi connectivity index (χ4n) is 1.71. The molecule has 0 radical (unpaired) electrons. The third-order valence-corrected chi connectivity index (χ3v) is 3.15. The molecule has 1 aromatic rings. The molecule has 0 spiro atoms. The number of rotatable bonds is 3. The van der Waals surface area contributed by atoms with E-state index in [1.54, 1.807) is 0 Å². The summed E-state index contributed by atoms with van der Waals surface area (Å²) < 4.78 is 3.88. The Bertz CT molecular complexity index is 230. The maximum Gasteiger partial charge on any atom is 0.0927 e. The van der Waals surface area contributed by atoms with Crippen LogP contribution in [-0.4, -0.2) is 16.6 Å². The van der Waals surface area contributed by atoms with Crippen LogP contribution in [0.5, 0.6) is 0 Å². The largest absolute Gasteiger partial charge is 0.311 e. The van der Waals surface area contributed by atoms with Crippen LogP contribution in [0.1, 0.15) is 31.0 Å². The highest BCUT2D eigenvalue weighted by Crippen LogP contribution is 2.36. The Kier molecular flexibility index (Phi) is 2.37. The second kappa shape index (κ2) is 3.49. The Morgan fingerprint density at radius 2 is 2.50 bits per heavy atom. The van der Waals surface area contributed by atoms with Crippen molar-refractivity contribution in [3.05, 3.63) is 11.1 Å². The fraction of sp³-hybridized carbons (Fsp3) is 0.750. The minimum atomic E-state index is 0.442. The first-order chi connectivity index (χ1) is 5.92. The Morgan fingerprint density at radius 3 is 2.92 bits per heavy atom. The summed E-state index contributed by atoms with van der Waals surface area (Å²) in [6, 6.07) is 0.442. The van der Waals surface area contributed by atoms with Gasteiger partial charge in [-0.2, -0.15) is 0 Å². The van der Waals surface area contributed by atoms with Crippen LogP contribution < -0.4 is 5.32 Å². The van der Waals surface area contributed by atoms with Gasteiger partial charge in [0.05, 0.1) is 11.7 Å². The van der Waals surface area contributed by atoms with Crippen molar-refractivity contribution >= 4 is 11.5 Å². The zero-order chi connectivity index (χ0) is 8.39. The maximum atomic E-state index is 4.10. The number of nitrogens with zero attached hydrogens (tertiary/aromatic N) is 2. The summed E-state index contributed by atoms with van der Waals surface area (Å²) in [6.07, 6.45) is 4.05. The number of nitrogens with one attached hydrogen (secondary N) is 1. The van der Waals surface area contributed by atoms with Crippen LogP contribution in [0.2, 0.25) is 0 Å². The molecule has 1 saturated carbocycles. The zero-order valence-electron chi connectivity index (χ0n) is 7.16. The van der Waals surface area contributed by atoms with Gasteiger partial charge in [0.2, 0.25) is 0 Å². The van der Waals surface area contributed by atoms with Crippen LogP contribution in [0.25, 0.3) is 0 Å². The molecule has 12 heavy (non-hydrogen) atoms. The van der Waals surface area contributed by atoms with Gasteiger partial charge < -0.3 is 5.32 Å². The molecule has 1 N–H and O–H groups in total. The molecule has 1 unspecified atom stereocenters. The summed E-state index contributed by atoms with van der Waals surface area (Å²) in [4.78, 5) is 0. The van der Waals surface area contributed by atoms with Gasteiger partial charge in [-0.1, -0.05) is 10.9 Å². The topological polar surface area (TPSA) is 37.8 Å². The first kappa shape index (κ1) is 8.13. The van der Waals surface area contributed by atoms with Gasteiger partial charge in [-0.05, 0) is 37.3 Å². The second-order valence-corrected chi connectivity index (χ2v) is 3.90. The molecule has 4 heteroatoms. The van der Waals surface area contributed by atoms with Crippen molar-refractivity contribution in [2.24, 2.45) is 5.92 Å². The van der Waals surface area contributed by atoms with Gasteiger partial charge in [-0.15, -0.1) is 5.10 Å². The van der Waals surface area contributed by atoms with Crippen molar-refractivity contribution in [1.82, 2.24) is 14.9 Å². The van der Waals surface area contributed by atoms with Crippen LogP contribution in [0.3, 0.4) is 0 Å². The lowest BCUT2D eigenvalue weighted by molar-refractivity contribution is 0.236. The summed E-state index contributed by atoms with van der Waals surface area (Å²) in [5.41, 5.74) is 1.12. The Balaban J connectivity index is 2.07. The van der Waals surface area contributed by atoms with Gasteiger partial charge in [-0.3, -0.25) is 0 Å². The van der Waals surface area contributed by atoms with Crippen molar-refractivity contribution in [1.29, 1.82) is 0 Å². The first-order valence-corrected chi connectivity index (χ1v) is 5.19. The summed E-state index contributed by atoms with van der Waals surface area (Å²) >= 11 is 1.43. The predicted molar refractivity (Wildman–Crippen MR) is 49.1 cm³/mol. The highest BCUT2D eigenvalue weighted by Gasteiger charge is 2.28. The summed E-state index contributed by atoms with van der Waals surface area (Å²) in [5.74, 6) is 0.791. The van der Waals surface area contributed by atoms with Gasteiger partial charge in [0, 0.05) is 5.38 Å². The molecule has 1 fully saturated rings. The second-order valence-electron chi connectivity index (χ2n) is 3.29. The molecule has 1 aromatic heterocycles. The molecule has 0 aromatic carbocycles. The van der Waals surface area contributed by atoms with E-state index >= 15 is 0 Å². The minimum absolute atomic E-state index is 0.442. The molecule has 1 aliphatic carbocycles. The number of aromatic nitrogens is 2. The van der Waals surface area contributed by atoms with E-state index in [1.807, 2.05) is 12.4 Å². The molecule has 1 aliphatic rings. The lowest BCUT2D eigenvalue weighted by atomic mass is 9.79. The Hall–Kier alpha value is -0.480. The summed E-state index contributed by atoms with van der Waals surface area (Å²) in [7, 11) is 2.00. The van der Waals surface area contributed by atoms with Gasteiger partial charge in [-0.25, -0.2) is 0 Å². The van der Waals surface area contributed by atoms with E-state index in [4.69, 9.17) is 0 Å². The molecule has 0 bridgehead atoms. The lowest BCUT2D eigenvalue weighted by Crippen LogP contribution is -2.29. The van der Waals surface area contributed by atoms with Gasteiger partial charge in [0.1, 0.15) is 0 Å². The van der Waals surface area contributed by atoms with Crippen molar-refractivity contribution in [3.63, 3.8) is 0 Å². The minimum Gasteiger partial charge on any atom is -0.311 e. The molecule has 2 rings (SSSR count). The van der Waals surface area contributed by atoms with Crippen molar-refractivity contribution < 1.29 is 0 Å². The Morgan fingerprint density at radius 1 is 1.67 bits per heavy atom. The molecule has 1 atom stereocenters. The molecular formula is C8H13N3S. The van der Waals surface area contributed by atoms with E-state index in [0.717, 1.165) is 11.6 Å². The summed E-state index contributed by atoms with van der Waals surface area (Å²) in [5, 5.41) is 9.45. The average Bonchev–Trinajstić information content (AvgIpc) is 2.47. The van der Waals surface area contributed by atoms with Crippen molar-refractivity contribution in [2.45, 2.75) is 25.3 Å². The van der Waals surface area contributed by atoms with Crippen LogP contribution in [0.15, 0.2) is 5.38 Å². The highest BCUT2D eigenvalue weighted by atomic mass is 32.1. The first-order valence-electron chi connectivity index (χ1n) is 4.36. The number of hydrogen-bond acceptors (Lipinski definition) is 4. The van der Waals surface area contributed by atoms with Crippen molar-refractivity contribution in [3.8, 4) is 0 Å². The molecule has 0 saturated heterocycles. The molecule has 3 nitrogen and oxygen atoms in total. The molecule has 0 amide bonds. The fourth-order valence-corrected chi connectivity index (χ4v) is 2.20. The maximum absolute atomic E-state index is 4.10. The molecule has 0 aliphatic heterocycles. The predicted octanol–water partition coefficient (Wildman–Crippen LogP) is 1.60. The average molecular weight is 183 g/mol. The smallest absolute Gasteiger partial charge is 0.0927 e. The third-order valence-electron chi connectivity index (χ3n) is 2.63. The monoisotopic (exact) mass is 183 g/mol. The van der Waals surface area contributed by atoms with Crippen LogP contribution in [0.4, 0.5) is 0 Å². The zero-order valence-corrected chi connectivity index (χ0v) is 7.97. The van der Waals surface area contributed by atoms with E-state index in [9.17, 15) is 0 Å². The highest BCUT2D eigenvalue weighted by molar-refractivity contribution is 7.03. The van der Waals surface area contributed by atoms with Crippen molar-refractivity contribution in [2.75, 3.05) is 7.05 Å². The van der Waals surface area contributed by atoms with Crippen LogP contribution >= 0.6 is 11.5 Å². The van der Waals surface area contributed by atoms with Gasteiger partial charge in [0.25, 0.3) is 0 Å². The normalized spacial score (nSPS) is 20.4. The van der Waals surface area contributed by atoms with E-state index in [0.29, 0.717) is 6.04 Å². The molecular weight excluding hydrogens is 170 g/mol. The van der Waals surface area contributed by atoms with Gasteiger partial charge >= 0.3 is 0 Å². The Labute approximate surface area is 76.4 Å². The van der Waals surface area contributed by atoms with E-state index < -0.39 is 0 Å².